The second-order valence-electron chi connectivity index (χ2n) is 6.18. The monoisotopic (exact) mass is 333 g/mol. The number of carbonyl (C=O) groups excluding carboxylic acids is 2. The zero-order chi connectivity index (χ0) is 15.1. The Morgan fingerprint density at radius 3 is 2.36 bits per heavy atom. The summed E-state index contributed by atoms with van der Waals surface area (Å²) in [5.41, 5.74) is 5.21. The number of hydrogen-bond acceptors (Lipinski definition) is 4. The Labute approximate surface area is 138 Å². The molecule has 0 unspecified atom stereocenters. The van der Waals surface area contributed by atoms with E-state index < -0.39 is 5.41 Å². The molecule has 0 aromatic heterocycles. The third-order valence-electron chi connectivity index (χ3n) is 4.70. The number of nitrogens with one attached hydrogen (secondary N) is 2. The maximum absolute atomic E-state index is 12.3. The number of nitrogens with two attached hydrogens (primary N) is 1. The molecule has 0 atom stereocenters. The lowest BCUT2D eigenvalue weighted by molar-refractivity contribution is -0.137. The lowest BCUT2D eigenvalue weighted by Gasteiger charge is -2.34. The van der Waals surface area contributed by atoms with Crippen LogP contribution in [-0.4, -0.2) is 44.2 Å². The average Bonchev–Trinajstić information content (AvgIpc) is 2.54. The standard InChI is InChI=1S/C15H27N3O3.ClH/c16-11-15(6-8-21-9-7-15)14(20)17-10-13(19)18-12-4-2-1-3-5-12;/h12H,1-11,16H2,(H,17,20)(H,18,19);1H. The molecule has 0 spiro atoms. The van der Waals surface area contributed by atoms with Crippen LogP contribution in [0.5, 0.6) is 0 Å². The molecule has 1 aliphatic heterocycles. The molecule has 1 aliphatic carbocycles. The fourth-order valence-corrected chi connectivity index (χ4v) is 3.16. The molecule has 2 amide bonds. The van der Waals surface area contributed by atoms with Crippen LogP contribution in [0.2, 0.25) is 0 Å². The first-order valence-electron chi connectivity index (χ1n) is 8.02. The van der Waals surface area contributed by atoms with Crippen LogP contribution >= 0.6 is 12.4 Å². The fraction of sp³-hybridized carbons (Fsp3) is 0.867. The zero-order valence-corrected chi connectivity index (χ0v) is 13.9. The molecule has 4 N–H and O–H groups in total. The Hall–Kier alpha value is -0.850. The Bertz CT molecular complexity index is 367. The number of halogens is 1. The molecule has 0 aromatic rings. The third-order valence-corrected chi connectivity index (χ3v) is 4.70. The predicted octanol–water partition coefficient (Wildman–Crippen LogP) is 0.729. The van der Waals surface area contributed by atoms with E-state index in [0.29, 0.717) is 32.6 Å². The van der Waals surface area contributed by atoms with Gasteiger partial charge in [0, 0.05) is 25.8 Å². The van der Waals surface area contributed by atoms with Gasteiger partial charge in [0.1, 0.15) is 0 Å². The van der Waals surface area contributed by atoms with E-state index in [1.807, 2.05) is 0 Å². The average molecular weight is 334 g/mol. The van der Waals surface area contributed by atoms with Gasteiger partial charge in [-0.1, -0.05) is 19.3 Å². The Morgan fingerprint density at radius 2 is 1.77 bits per heavy atom. The first-order chi connectivity index (χ1) is 10.2. The van der Waals surface area contributed by atoms with Crippen molar-refractivity contribution in [3.05, 3.63) is 0 Å². The third kappa shape index (κ3) is 5.11. The van der Waals surface area contributed by atoms with Crippen LogP contribution < -0.4 is 16.4 Å². The number of ether oxygens (including phenoxy) is 1. The van der Waals surface area contributed by atoms with Gasteiger partial charge in [0.2, 0.25) is 11.8 Å². The van der Waals surface area contributed by atoms with Gasteiger partial charge in [0.15, 0.2) is 0 Å². The molecule has 0 bridgehead atoms. The molecular formula is C15H28ClN3O3. The van der Waals surface area contributed by atoms with Crippen molar-refractivity contribution < 1.29 is 14.3 Å². The Balaban J connectivity index is 0.00000242. The molecule has 2 aliphatic rings. The van der Waals surface area contributed by atoms with Crippen LogP contribution in [-0.2, 0) is 14.3 Å². The van der Waals surface area contributed by atoms with E-state index in [0.717, 1.165) is 12.8 Å². The van der Waals surface area contributed by atoms with Gasteiger partial charge in [-0.25, -0.2) is 0 Å². The van der Waals surface area contributed by atoms with Crippen LogP contribution in [0.25, 0.3) is 0 Å². The molecule has 7 heteroatoms. The van der Waals surface area contributed by atoms with Gasteiger partial charge in [-0.3, -0.25) is 9.59 Å². The summed E-state index contributed by atoms with van der Waals surface area (Å²) in [5.74, 6) is -0.221. The summed E-state index contributed by atoms with van der Waals surface area (Å²) in [6.45, 7) is 1.45. The van der Waals surface area contributed by atoms with E-state index in [2.05, 4.69) is 10.6 Å². The predicted molar refractivity (Wildman–Crippen MR) is 86.8 cm³/mol. The van der Waals surface area contributed by atoms with Crippen molar-refractivity contribution >= 4 is 24.2 Å². The van der Waals surface area contributed by atoms with Crippen LogP contribution in [0.3, 0.4) is 0 Å². The van der Waals surface area contributed by atoms with Crippen LogP contribution in [0.15, 0.2) is 0 Å². The first kappa shape index (κ1) is 19.2. The molecule has 1 saturated heterocycles. The summed E-state index contributed by atoms with van der Waals surface area (Å²) in [4.78, 5) is 24.2. The minimum absolute atomic E-state index is 0. The molecule has 2 rings (SSSR count). The Kier molecular flexibility index (Phi) is 8.14. The summed E-state index contributed by atoms with van der Waals surface area (Å²) in [6, 6.07) is 0.273. The van der Waals surface area contributed by atoms with E-state index in [9.17, 15) is 9.59 Å². The summed E-state index contributed by atoms with van der Waals surface area (Å²) >= 11 is 0. The van der Waals surface area contributed by atoms with Crippen molar-refractivity contribution in [1.82, 2.24) is 10.6 Å². The van der Waals surface area contributed by atoms with Crippen molar-refractivity contribution in [3.8, 4) is 0 Å². The molecule has 128 valence electrons. The fourth-order valence-electron chi connectivity index (χ4n) is 3.16. The van der Waals surface area contributed by atoms with Crippen LogP contribution in [0.1, 0.15) is 44.9 Å². The molecule has 2 fully saturated rings. The quantitative estimate of drug-likeness (QED) is 0.691. The van der Waals surface area contributed by atoms with Crippen LogP contribution in [0.4, 0.5) is 0 Å². The van der Waals surface area contributed by atoms with E-state index in [1.54, 1.807) is 0 Å². The maximum Gasteiger partial charge on any atom is 0.239 e. The van der Waals surface area contributed by atoms with Gasteiger partial charge in [0.05, 0.1) is 12.0 Å². The highest BCUT2D eigenvalue weighted by molar-refractivity contribution is 5.88. The van der Waals surface area contributed by atoms with E-state index in [4.69, 9.17) is 10.5 Å². The van der Waals surface area contributed by atoms with E-state index >= 15 is 0 Å². The van der Waals surface area contributed by atoms with E-state index in [1.165, 1.54) is 19.3 Å². The van der Waals surface area contributed by atoms with Crippen molar-refractivity contribution in [2.75, 3.05) is 26.3 Å². The van der Waals surface area contributed by atoms with Crippen LogP contribution in [0, 0.1) is 5.41 Å². The lowest BCUT2D eigenvalue weighted by atomic mass is 9.79. The van der Waals surface area contributed by atoms with Gasteiger partial charge in [0.25, 0.3) is 0 Å². The first-order valence-corrected chi connectivity index (χ1v) is 8.02. The van der Waals surface area contributed by atoms with Crippen molar-refractivity contribution in [2.24, 2.45) is 11.1 Å². The van der Waals surface area contributed by atoms with E-state index in [-0.39, 0.29) is 36.8 Å². The summed E-state index contributed by atoms with van der Waals surface area (Å²) in [6.07, 6.45) is 6.94. The second-order valence-corrected chi connectivity index (χ2v) is 6.18. The smallest absolute Gasteiger partial charge is 0.239 e. The highest BCUT2D eigenvalue weighted by Gasteiger charge is 2.38. The Morgan fingerprint density at radius 1 is 1.14 bits per heavy atom. The molecule has 22 heavy (non-hydrogen) atoms. The number of hydrogen-bond donors (Lipinski definition) is 3. The zero-order valence-electron chi connectivity index (χ0n) is 13.1. The highest BCUT2D eigenvalue weighted by atomic mass is 35.5. The lowest BCUT2D eigenvalue weighted by Crippen LogP contribution is -2.51. The van der Waals surface area contributed by atoms with Crippen molar-refractivity contribution in [1.29, 1.82) is 0 Å². The molecule has 0 aromatic carbocycles. The van der Waals surface area contributed by atoms with Gasteiger partial charge >= 0.3 is 0 Å². The number of rotatable bonds is 5. The number of carbonyl (C=O) groups is 2. The highest BCUT2D eigenvalue weighted by Crippen LogP contribution is 2.29. The minimum atomic E-state index is -0.566. The maximum atomic E-state index is 12.3. The van der Waals surface area contributed by atoms with Gasteiger partial charge in [-0.2, -0.15) is 0 Å². The number of amides is 2. The second kappa shape index (κ2) is 9.33. The largest absolute Gasteiger partial charge is 0.381 e. The summed E-state index contributed by atoms with van der Waals surface area (Å²) in [7, 11) is 0. The molecule has 1 heterocycles. The summed E-state index contributed by atoms with van der Waals surface area (Å²) < 4.78 is 5.29. The van der Waals surface area contributed by atoms with Crippen molar-refractivity contribution in [2.45, 2.75) is 51.0 Å². The normalized spacial score (nSPS) is 21.5. The van der Waals surface area contributed by atoms with Crippen molar-refractivity contribution in [3.63, 3.8) is 0 Å². The van der Waals surface area contributed by atoms with Gasteiger partial charge < -0.3 is 21.1 Å². The van der Waals surface area contributed by atoms with Gasteiger partial charge in [-0.05, 0) is 25.7 Å². The molecular weight excluding hydrogens is 306 g/mol. The molecule has 6 nitrogen and oxygen atoms in total. The summed E-state index contributed by atoms with van der Waals surface area (Å²) in [5, 5.41) is 5.75. The minimum Gasteiger partial charge on any atom is -0.381 e. The van der Waals surface area contributed by atoms with Gasteiger partial charge in [-0.15, -0.1) is 12.4 Å². The topological polar surface area (TPSA) is 93.5 Å². The molecule has 1 saturated carbocycles. The molecule has 0 radical (unpaired) electrons. The SMILES string of the molecule is Cl.NCC1(C(=O)NCC(=O)NC2CCCCC2)CCOCC1.